The van der Waals surface area contributed by atoms with Gasteiger partial charge in [0.15, 0.2) is 5.70 Å². The van der Waals surface area contributed by atoms with Gasteiger partial charge in [-0.2, -0.15) is 0 Å². The van der Waals surface area contributed by atoms with Gasteiger partial charge in [-0.25, -0.2) is 14.0 Å². The summed E-state index contributed by atoms with van der Waals surface area (Å²) in [6, 6.07) is 13.8. The number of ether oxygens (including phenoxy) is 2. The highest BCUT2D eigenvalue weighted by Gasteiger charge is 2.37. The van der Waals surface area contributed by atoms with Crippen molar-refractivity contribution in [3.63, 3.8) is 0 Å². The Morgan fingerprint density at radius 2 is 1.90 bits per heavy atom. The summed E-state index contributed by atoms with van der Waals surface area (Å²) in [4.78, 5) is 16.5. The van der Waals surface area contributed by atoms with E-state index in [2.05, 4.69) is 10.2 Å². The lowest BCUT2D eigenvalue weighted by Gasteiger charge is -2.31. The second kappa shape index (κ2) is 10.3. The number of nitrogens with zero attached hydrogens (tertiary/aromatic N) is 1. The Balaban J connectivity index is 2.13. The smallest absolute Gasteiger partial charge is 0.335 e. The van der Waals surface area contributed by atoms with E-state index < -0.39 is 17.7 Å². The molecule has 0 spiro atoms. The average Bonchev–Trinajstić information content (AvgIpc) is 2.77. The molecule has 0 saturated carbocycles. The lowest BCUT2D eigenvalue weighted by Crippen LogP contribution is -2.32. The van der Waals surface area contributed by atoms with Gasteiger partial charge in [0, 0.05) is 17.8 Å². The van der Waals surface area contributed by atoms with Crippen molar-refractivity contribution in [1.82, 2.24) is 5.32 Å². The van der Waals surface area contributed by atoms with E-state index in [1.165, 1.54) is 32.4 Å². The highest BCUT2D eigenvalue weighted by Crippen LogP contribution is 2.43. The van der Waals surface area contributed by atoms with Crippen LogP contribution in [0, 0.1) is 12.4 Å². The SMILES string of the molecule is [C-]#[N+]C1=C(CCc2ccccc2)NC(COC)=C(C(=O)OC)C1c1ccc(F)cc1Cl. The standard InChI is InChI=1S/C24H22ClFN2O3/c1-27-23-19(12-9-15-7-5-4-6-8-15)28-20(14-30-2)22(24(29)31-3)21(23)17-11-10-16(26)13-18(17)25/h4-8,10-11,13,21,28H,9,12,14H2,2-3H3. The van der Waals surface area contributed by atoms with Gasteiger partial charge in [0.2, 0.25) is 0 Å². The zero-order chi connectivity index (χ0) is 22.4. The molecule has 1 aliphatic heterocycles. The van der Waals surface area contributed by atoms with Crippen molar-refractivity contribution in [2.24, 2.45) is 0 Å². The summed E-state index contributed by atoms with van der Waals surface area (Å²) in [6.45, 7) is 7.97. The maximum atomic E-state index is 13.7. The van der Waals surface area contributed by atoms with Crippen LogP contribution in [0.5, 0.6) is 0 Å². The second-order valence-electron chi connectivity index (χ2n) is 7.00. The predicted octanol–water partition coefficient (Wildman–Crippen LogP) is 5.00. The molecule has 7 heteroatoms. The number of carbonyl (C=O) groups excluding carboxylic acids is 1. The number of esters is 1. The number of hydrogen-bond acceptors (Lipinski definition) is 4. The number of methoxy groups -OCH3 is 2. The van der Waals surface area contributed by atoms with Crippen LogP contribution in [0.15, 0.2) is 71.2 Å². The number of carbonyl (C=O) groups is 1. The molecule has 2 aromatic carbocycles. The molecule has 0 bridgehead atoms. The summed E-state index contributed by atoms with van der Waals surface area (Å²) in [5.41, 5.74) is 3.30. The van der Waals surface area contributed by atoms with E-state index in [9.17, 15) is 9.18 Å². The van der Waals surface area contributed by atoms with Gasteiger partial charge >= 0.3 is 5.97 Å². The first-order valence-electron chi connectivity index (χ1n) is 9.66. The Morgan fingerprint density at radius 3 is 2.52 bits per heavy atom. The van der Waals surface area contributed by atoms with Gasteiger partial charge < -0.3 is 14.8 Å². The molecule has 3 rings (SSSR count). The molecule has 1 N–H and O–H groups in total. The summed E-state index contributed by atoms with van der Waals surface area (Å²) in [6.07, 6.45) is 1.23. The number of rotatable bonds is 7. The van der Waals surface area contributed by atoms with E-state index in [1.54, 1.807) is 0 Å². The number of aryl methyl sites for hydroxylation is 1. The van der Waals surface area contributed by atoms with Crippen molar-refractivity contribution in [3.8, 4) is 0 Å². The molecule has 5 nitrogen and oxygen atoms in total. The van der Waals surface area contributed by atoms with Gasteiger partial charge in [-0.3, -0.25) is 0 Å². The third kappa shape index (κ3) is 4.96. The monoisotopic (exact) mass is 440 g/mol. The van der Waals surface area contributed by atoms with Gasteiger partial charge in [-0.15, -0.1) is 0 Å². The fraction of sp³-hybridized carbons (Fsp3) is 0.250. The topological polar surface area (TPSA) is 51.9 Å². The van der Waals surface area contributed by atoms with E-state index in [1.807, 2.05) is 30.3 Å². The van der Waals surface area contributed by atoms with E-state index in [4.69, 9.17) is 27.6 Å². The highest BCUT2D eigenvalue weighted by atomic mass is 35.5. The van der Waals surface area contributed by atoms with Crippen LogP contribution < -0.4 is 5.32 Å². The molecule has 0 radical (unpaired) electrons. The van der Waals surface area contributed by atoms with Crippen LogP contribution in [0.3, 0.4) is 0 Å². The summed E-state index contributed by atoms with van der Waals surface area (Å²) >= 11 is 6.35. The van der Waals surface area contributed by atoms with Crippen LogP contribution in [0.2, 0.25) is 5.02 Å². The predicted molar refractivity (Wildman–Crippen MR) is 117 cm³/mol. The fourth-order valence-corrected chi connectivity index (χ4v) is 3.96. The second-order valence-corrected chi connectivity index (χ2v) is 7.41. The Kier molecular flexibility index (Phi) is 7.45. The van der Waals surface area contributed by atoms with E-state index >= 15 is 0 Å². The molecule has 31 heavy (non-hydrogen) atoms. The highest BCUT2D eigenvalue weighted by molar-refractivity contribution is 6.31. The molecule has 0 fully saturated rings. The van der Waals surface area contributed by atoms with Gasteiger partial charge in [0.05, 0.1) is 37.5 Å². The van der Waals surface area contributed by atoms with Crippen molar-refractivity contribution >= 4 is 17.6 Å². The largest absolute Gasteiger partial charge is 0.466 e. The van der Waals surface area contributed by atoms with E-state index in [-0.39, 0.29) is 17.2 Å². The Labute approximate surface area is 185 Å². The Hall–Kier alpha value is -3.14. The zero-order valence-corrected chi connectivity index (χ0v) is 18.0. The molecule has 0 aliphatic carbocycles. The lowest BCUT2D eigenvalue weighted by molar-refractivity contribution is -0.136. The summed E-state index contributed by atoms with van der Waals surface area (Å²) in [7, 11) is 2.79. The first kappa shape index (κ1) is 22.5. The van der Waals surface area contributed by atoms with Crippen LogP contribution in [-0.2, 0) is 20.7 Å². The van der Waals surface area contributed by atoms with Crippen LogP contribution >= 0.6 is 11.6 Å². The molecule has 1 unspecified atom stereocenters. The van der Waals surface area contributed by atoms with Gasteiger partial charge in [0.1, 0.15) is 5.82 Å². The minimum Gasteiger partial charge on any atom is -0.466 e. The Morgan fingerprint density at radius 1 is 1.16 bits per heavy atom. The number of halogens is 2. The van der Waals surface area contributed by atoms with Crippen LogP contribution in [0.25, 0.3) is 4.85 Å². The van der Waals surface area contributed by atoms with Crippen molar-refractivity contribution in [1.29, 1.82) is 0 Å². The van der Waals surface area contributed by atoms with Crippen molar-refractivity contribution in [3.05, 3.63) is 105 Å². The van der Waals surface area contributed by atoms with Gasteiger partial charge in [-0.1, -0.05) is 48.0 Å². The van der Waals surface area contributed by atoms with Gasteiger partial charge in [0.25, 0.3) is 0 Å². The third-order valence-electron chi connectivity index (χ3n) is 5.09. The number of hydrogen-bond donors (Lipinski definition) is 1. The molecule has 1 aliphatic rings. The van der Waals surface area contributed by atoms with E-state index in [0.717, 1.165) is 5.56 Å². The molecule has 0 saturated heterocycles. The average molecular weight is 441 g/mol. The third-order valence-corrected chi connectivity index (χ3v) is 5.42. The molecular formula is C24H22ClFN2O3. The van der Waals surface area contributed by atoms with Crippen LogP contribution in [0.1, 0.15) is 23.5 Å². The quantitative estimate of drug-likeness (QED) is 0.486. The number of benzene rings is 2. The molecule has 0 amide bonds. The fourth-order valence-electron chi connectivity index (χ4n) is 3.68. The molecule has 1 heterocycles. The normalized spacial score (nSPS) is 16.0. The van der Waals surface area contributed by atoms with Crippen molar-refractivity contribution < 1.29 is 18.7 Å². The lowest BCUT2D eigenvalue weighted by atomic mass is 9.83. The molecule has 160 valence electrons. The maximum absolute atomic E-state index is 13.7. The van der Waals surface area contributed by atoms with Crippen molar-refractivity contribution in [2.45, 2.75) is 18.8 Å². The molecule has 2 aromatic rings. The minimum atomic E-state index is -0.796. The summed E-state index contributed by atoms with van der Waals surface area (Å²) in [5.74, 6) is -1.90. The molecule has 1 atom stereocenters. The maximum Gasteiger partial charge on any atom is 0.335 e. The van der Waals surface area contributed by atoms with Crippen molar-refractivity contribution in [2.75, 3.05) is 20.8 Å². The van der Waals surface area contributed by atoms with E-state index in [0.29, 0.717) is 35.5 Å². The first-order valence-corrected chi connectivity index (χ1v) is 10.0. The minimum absolute atomic E-state index is 0.111. The van der Waals surface area contributed by atoms with Crippen LogP contribution in [0.4, 0.5) is 4.39 Å². The van der Waals surface area contributed by atoms with Crippen LogP contribution in [-0.4, -0.2) is 26.8 Å². The number of nitrogens with one attached hydrogen (secondary N) is 1. The molecular weight excluding hydrogens is 419 g/mol. The number of dihydropyridines is 1. The summed E-state index contributed by atoms with van der Waals surface area (Å²) < 4.78 is 24.0. The Bertz CT molecular complexity index is 1070. The number of allylic oxidation sites excluding steroid dienone is 2. The zero-order valence-electron chi connectivity index (χ0n) is 17.2. The molecule has 0 aromatic heterocycles. The first-order chi connectivity index (χ1) is 15.0. The summed E-state index contributed by atoms with van der Waals surface area (Å²) in [5, 5.41) is 3.36. The van der Waals surface area contributed by atoms with Gasteiger partial charge in [-0.05, 0) is 36.1 Å².